The van der Waals surface area contributed by atoms with E-state index >= 15 is 0 Å². The largest absolute Gasteiger partial charge is 0.351 e. The number of nitrogens with zero attached hydrogens (tertiary/aromatic N) is 1. The van der Waals surface area contributed by atoms with Gasteiger partial charge in [0.25, 0.3) is 5.91 Å². The van der Waals surface area contributed by atoms with E-state index in [1.165, 1.54) is 0 Å². The van der Waals surface area contributed by atoms with Crippen LogP contribution in [0.4, 0.5) is 4.79 Å². The second kappa shape index (κ2) is 4.81. The number of carbonyl (C=O) groups is 2. The number of halogens is 1. The molecule has 3 amide bonds. The van der Waals surface area contributed by atoms with Crippen LogP contribution in [0, 0.1) is 0 Å². The summed E-state index contributed by atoms with van der Waals surface area (Å²) in [6.45, 7) is 1.71. The number of hydrogen-bond donors (Lipinski definition) is 2. The van der Waals surface area contributed by atoms with Crippen LogP contribution < -0.4 is 11.1 Å². The SMILES string of the molecule is CC(C(=O)NC(N)=O)n1ccc2ccc(Br)cc21. The number of nitrogens with two attached hydrogens (primary N) is 1. The van der Waals surface area contributed by atoms with E-state index in [9.17, 15) is 9.59 Å². The summed E-state index contributed by atoms with van der Waals surface area (Å²) < 4.78 is 2.72. The monoisotopic (exact) mass is 309 g/mol. The molecular formula is C12H12BrN3O2. The molecule has 0 aliphatic rings. The number of carbonyl (C=O) groups excluding carboxylic acids is 2. The van der Waals surface area contributed by atoms with Crippen molar-refractivity contribution < 1.29 is 9.59 Å². The van der Waals surface area contributed by atoms with Gasteiger partial charge in [0.05, 0.1) is 0 Å². The number of fused-ring (bicyclic) bond motifs is 1. The van der Waals surface area contributed by atoms with Crippen LogP contribution in [0.25, 0.3) is 10.9 Å². The minimum atomic E-state index is -0.843. The quantitative estimate of drug-likeness (QED) is 0.891. The fraction of sp³-hybridized carbons (Fsp3) is 0.167. The van der Waals surface area contributed by atoms with Crippen molar-refractivity contribution in [3.63, 3.8) is 0 Å². The Morgan fingerprint density at radius 1 is 1.39 bits per heavy atom. The first kappa shape index (κ1) is 12.6. The Morgan fingerprint density at radius 3 is 2.78 bits per heavy atom. The van der Waals surface area contributed by atoms with Gasteiger partial charge >= 0.3 is 6.03 Å². The van der Waals surface area contributed by atoms with E-state index < -0.39 is 18.0 Å². The summed E-state index contributed by atoms with van der Waals surface area (Å²) in [7, 11) is 0. The van der Waals surface area contributed by atoms with Gasteiger partial charge in [0.15, 0.2) is 0 Å². The van der Waals surface area contributed by atoms with Gasteiger partial charge in [-0.1, -0.05) is 22.0 Å². The topological polar surface area (TPSA) is 77.1 Å². The van der Waals surface area contributed by atoms with Crippen molar-refractivity contribution in [3.8, 4) is 0 Å². The van der Waals surface area contributed by atoms with Crippen LogP contribution in [-0.4, -0.2) is 16.5 Å². The molecule has 5 nitrogen and oxygen atoms in total. The highest BCUT2D eigenvalue weighted by Crippen LogP contribution is 2.23. The Labute approximate surface area is 112 Å². The van der Waals surface area contributed by atoms with Crippen LogP contribution in [0.2, 0.25) is 0 Å². The number of amides is 3. The molecule has 0 saturated carbocycles. The van der Waals surface area contributed by atoms with E-state index in [1.807, 2.05) is 30.5 Å². The lowest BCUT2D eigenvalue weighted by Gasteiger charge is -2.14. The van der Waals surface area contributed by atoms with E-state index in [0.717, 1.165) is 15.4 Å². The van der Waals surface area contributed by atoms with Crippen LogP contribution in [0.3, 0.4) is 0 Å². The van der Waals surface area contributed by atoms with E-state index in [-0.39, 0.29) is 0 Å². The number of nitrogens with one attached hydrogen (secondary N) is 1. The second-order valence-electron chi connectivity index (χ2n) is 3.96. The summed E-state index contributed by atoms with van der Waals surface area (Å²) in [6.07, 6.45) is 1.81. The lowest BCUT2D eigenvalue weighted by molar-refractivity contribution is -0.122. The predicted molar refractivity (Wildman–Crippen MR) is 72.1 cm³/mol. The minimum absolute atomic E-state index is 0.431. The molecule has 1 aromatic heterocycles. The summed E-state index contributed by atoms with van der Waals surface area (Å²) >= 11 is 3.39. The Kier molecular flexibility index (Phi) is 3.38. The lowest BCUT2D eigenvalue weighted by atomic mass is 10.2. The molecule has 0 aliphatic carbocycles. The molecule has 0 radical (unpaired) electrons. The van der Waals surface area contributed by atoms with Crippen LogP contribution in [0.5, 0.6) is 0 Å². The molecule has 1 atom stereocenters. The first-order valence-electron chi connectivity index (χ1n) is 5.35. The molecule has 2 aromatic rings. The van der Waals surface area contributed by atoms with Gasteiger partial charge in [0.1, 0.15) is 6.04 Å². The number of primary amides is 1. The third-order valence-corrected chi connectivity index (χ3v) is 3.22. The van der Waals surface area contributed by atoms with E-state index in [4.69, 9.17) is 5.73 Å². The lowest BCUT2D eigenvalue weighted by Crippen LogP contribution is -2.38. The molecule has 6 heteroatoms. The van der Waals surface area contributed by atoms with Gasteiger partial charge in [-0.2, -0.15) is 0 Å². The molecule has 0 spiro atoms. The van der Waals surface area contributed by atoms with E-state index in [1.54, 1.807) is 11.5 Å². The summed E-state index contributed by atoms with van der Waals surface area (Å²) in [5.41, 5.74) is 5.85. The van der Waals surface area contributed by atoms with Gasteiger partial charge in [-0.05, 0) is 30.5 Å². The molecule has 18 heavy (non-hydrogen) atoms. The summed E-state index contributed by atoms with van der Waals surface area (Å²) in [5.74, 6) is -0.431. The van der Waals surface area contributed by atoms with Crippen LogP contribution in [0.15, 0.2) is 34.9 Å². The molecule has 0 saturated heterocycles. The van der Waals surface area contributed by atoms with Crippen LogP contribution in [-0.2, 0) is 4.79 Å². The highest BCUT2D eigenvalue weighted by atomic mass is 79.9. The molecule has 1 heterocycles. The van der Waals surface area contributed by atoms with Crippen molar-refractivity contribution in [1.82, 2.24) is 9.88 Å². The number of urea groups is 1. The maximum absolute atomic E-state index is 11.7. The van der Waals surface area contributed by atoms with Gasteiger partial charge < -0.3 is 10.3 Å². The zero-order chi connectivity index (χ0) is 13.3. The standard InChI is InChI=1S/C12H12BrN3O2/c1-7(11(17)15-12(14)18)16-5-4-8-2-3-9(13)6-10(8)16/h2-7H,1H3,(H3,14,15,17,18). The van der Waals surface area contributed by atoms with Crippen molar-refractivity contribution in [2.45, 2.75) is 13.0 Å². The number of aromatic nitrogens is 1. The van der Waals surface area contributed by atoms with Crippen molar-refractivity contribution in [3.05, 3.63) is 34.9 Å². The summed E-state index contributed by atoms with van der Waals surface area (Å²) in [4.78, 5) is 22.4. The number of imide groups is 1. The zero-order valence-electron chi connectivity index (χ0n) is 9.68. The van der Waals surface area contributed by atoms with E-state index in [2.05, 4.69) is 21.2 Å². The molecular weight excluding hydrogens is 298 g/mol. The van der Waals surface area contributed by atoms with E-state index in [0.29, 0.717) is 0 Å². The Morgan fingerprint density at radius 2 is 2.11 bits per heavy atom. The second-order valence-corrected chi connectivity index (χ2v) is 4.87. The Hall–Kier alpha value is -1.82. The number of hydrogen-bond acceptors (Lipinski definition) is 2. The maximum atomic E-state index is 11.7. The average Bonchev–Trinajstić information content (AvgIpc) is 2.69. The fourth-order valence-electron chi connectivity index (χ4n) is 1.81. The van der Waals surface area contributed by atoms with Gasteiger partial charge in [-0.3, -0.25) is 10.1 Å². The molecule has 94 valence electrons. The summed E-state index contributed by atoms with van der Waals surface area (Å²) in [5, 5.41) is 3.10. The third kappa shape index (κ3) is 2.38. The predicted octanol–water partition coefficient (Wildman–Crippen LogP) is 2.16. The molecule has 1 aromatic carbocycles. The first-order chi connectivity index (χ1) is 8.49. The molecule has 3 N–H and O–H groups in total. The Balaban J connectivity index is 2.38. The normalized spacial score (nSPS) is 12.3. The van der Waals surface area contributed by atoms with Gasteiger partial charge in [0, 0.05) is 16.2 Å². The number of benzene rings is 1. The fourth-order valence-corrected chi connectivity index (χ4v) is 2.16. The zero-order valence-corrected chi connectivity index (χ0v) is 11.3. The number of rotatable bonds is 2. The molecule has 1 unspecified atom stereocenters. The van der Waals surface area contributed by atoms with Crippen molar-refractivity contribution in [1.29, 1.82) is 0 Å². The first-order valence-corrected chi connectivity index (χ1v) is 6.14. The Bertz CT molecular complexity index is 621. The summed E-state index contributed by atoms with van der Waals surface area (Å²) in [6, 6.07) is 6.36. The van der Waals surface area contributed by atoms with Gasteiger partial charge in [0.2, 0.25) is 0 Å². The maximum Gasteiger partial charge on any atom is 0.318 e. The van der Waals surface area contributed by atoms with Crippen molar-refractivity contribution in [2.75, 3.05) is 0 Å². The average molecular weight is 310 g/mol. The molecule has 0 bridgehead atoms. The third-order valence-electron chi connectivity index (χ3n) is 2.73. The van der Waals surface area contributed by atoms with Gasteiger partial charge in [-0.15, -0.1) is 0 Å². The highest BCUT2D eigenvalue weighted by molar-refractivity contribution is 9.10. The minimum Gasteiger partial charge on any atom is -0.351 e. The van der Waals surface area contributed by atoms with Crippen molar-refractivity contribution >= 4 is 38.8 Å². The van der Waals surface area contributed by atoms with Crippen LogP contribution in [0.1, 0.15) is 13.0 Å². The van der Waals surface area contributed by atoms with Crippen molar-refractivity contribution in [2.24, 2.45) is 5.73 Å². The molecule has 2 rings (SSSR count). The van der Waals surface area contributed by atoms with Gasteiger partial charge in [-0.25, -0.2) is 4.79 Å². The molecule has 0 aliphatic heterocycles. The smallest absolute Gasteiger partial charge is 0.318 e. The van der Waals surface area contributed by atoms with Crippen LogP contribution >= 0.6 is 15.9 Å². The highest BCUT2D eigenvalue weighted by Gasteiger charge is 2.17. The molecule has 0 fully saturated rings.